The van der Waals surface area contributed by atoms with Crippen molar-refractivity contribution in [3.05, 3.63) is 40.3 Å². The third-order valence-electron chi connectivity index (χ3n) is 2.79. The highest BCUT2D eigenvalue weighted by molar-refractivity contribution is 7.18. The molecule has 1 atom stereocenters. The van der Waals surface area contributed by atoms with Gasteiger partial charge in [-0.15, -0.1) is 16.4 Å². The number of nitrogens with zero attached hydrogens (tertiary/aromatic N) is 3. The van der Waals surface area contributed by atoms with Crippen LogP contribution in [-0.2, 0) is 6.42 Å². The summed E-state index contributed by atoms with van der Waals surface area (Å²) in [7, 11) is 1.96. The van der Waals surface area contributed by atoms with E-state index >= 15 is 0 Å². The maximum Gasteiger partial charge on any atom is 0.0957 e. The molecule has 1 N–H and O–H groups in total. The first kappa shape index (κ1) is 11.7. The number of rotatable bonds is 4. The lowest BCUT2D eigenvalue weighted by molar-refractivity contribution is 0.600. The van der Waals surface area contributed by atoms with E-state index in [-0.39, 0.29) is 6.04 Å². The normalized spacial score (nSPS) is 12.9. The largest absolute Gasteiger partial charge is 0.312 e. The molecule has 0 saturated heterocycles. The Morgan fingerprint density at radius 1 is 1.33 bits per heavy atom. The van der Waals surface area contributed by atoms with Crippen LogP contribution in [0.25, 0.3) is 10.2 Å². The number of aromatic nitrogens is 3. The average Bonchev–Trinajstić information content (AvgIpc) is 3.04. The molecule has 0 spiro atoms. The molecule has 2 heterocycles. The highest BCUT2D eigenvalue weighted by atomic mass is 32.1. The quantitative estimate of drug-likeness (QED) is 0.796. The van der Waals surface area contributed by atoms with Crippen LogP contribution in [0.4, 0.5) is 0 Å². The van der Waals surface area contributed by atoms with Gasteiger partial charge in [0, 0.05) is 6.42 Å². The van der Waals surface area contributed by atoms with Crippen LogP contribution in [0.1, 0.15) is 15.9 Å². The Morgan fingerprint density at radius 3 is 2.94 bits per heavy atom. The van der Waals surface area contributed by atoms with Crippen molar-refractivity contribution in [2.75, 3.05) is 7.05 Å². The van der Waals surface area contributed by atoms with Crippen molar-refractivity contribution in [2.24, 2.45) is 0 Å². The zero-order valence-corrected chi connectivity index (χ0v) is 11.5. The van der Waals surface area contributed by atoms with Gasteiger partial charge in [-0.25, -0.2) is 4.98 Å². The van der Waals surface area contributed by atoms with E-state index < -0.39 is 0 Å². The summed E-state index contributed by atoms with van der Waals surface area (Å²) in [6.07, 6.45) is 2.69. The first-order valence-electron chi connectivity index (χ1n) is 5.66. The summed E-state index contributed by atoms with van der Waals surface area (Å²) >= 11 is 3.19. The van der Waals surface area contributed by atoms with Gasteiger partial charge in [-0.05, 0) is 30.7 Å². The highest BCUT2D eigenvalue weighted by Crippen LogP contribution is 2.26. The second-order valence-electron chi connectivity index (χ2n) is 3.94. The zero-order chi connectivity index (χ0) is 12.4. The van der Waals surface area contributed by atoms with Gasteiger partial charge in [0.25, 0.3) is 0 Å². The van der Waals surface area contributed by atoms with Gasteiger partial charge in [0.05, 0.1) is 32.3 Å². The van der Waals surface area contributed by atoms with Crippen molar-refractivity contribution in [3.63, 3.8) is 0 Å². The maximum atomic E-state index is 4.65. The fourth-order valence-electron chi connectivity index (χ4n) is 1.86. The van der Waals surface area contributed by atoms with Gasteiger partial charge in [-0.1, -0.05) is 16.6 Å². The van der Waals surface area contributed by atoms with Crippen molar-refractivity contribution in [1.29, 1.82) is 0 Å². The molecule has 0 aliphatic rings. The number of thiazole rings is 1. The molecule has 6 heteroatoms. The predicted octanol–water partition coefficient (Wildman–Crippen LogP) is 2.65. The van der Waals surface area contributed by atoms with Crippen molar-refractivity contribution >= 4 is 33.1 Å². The molecule has 4 nitrogen and oxygen atoms in total. The van der Waals surface area contributed by atoms with E-state index in [9.17, 15) is 0 Å². The van der Waals surface area contributed by atoms with Gasteiger partial charge in [0.15, 0.2) is 0 Å². The molecule has 1 unspecified atom stereocenters. The Kier molecular flexibility index (Phi) is 3.31. The molecular weight excluding hydrogens is 264 g/mol. The summed E-state index contributed by atoms with van der Waals surface area (Å²) < 4.78 is 5.15. The van der Waals surface area contributed by atoms with Crippen LogP contribution in [0.2, 0.25) is 0 Å². The number of likely N-dealkylation sites (N-methyl/N-ethyl adjacent to an activating group) is 1. The van der Waals surface area contributed by atoms with Crippen LogP contribution in [0.15, 0.2) is 30.5 Å². The first-order chi connectivity index (χ1) is 8.86. The van der Waals surface area contributed by atoms with E-state index in [1.807, 2.05) is 25.4 Å². The summed E-state index contributed by atoms with van der Waals surface area (Å²) in [5.74, 6) is 0. The number of para-hydroxylation sites is 1. The van der Waals surface area contributed by atoms with Crippen molar-refractivity contribution < 1.29 is 0 Å². The highest BCUT2D eigenvalue weighted by Gasteiger charge is 2.15. The molecule has 92 valence electrons. The van der Waals surface area contributed by atoms with Gasteiger partial charge < -0.3 is 5.32 Å². The van der Waals surface area contributed by atoms with Crippen molar-refractivity contribution in [3.8, 4) is 0 Å². The molecule has 3 aromatic rings. The van der Waals surface area contributed by atoms with Gasteiger partial charge >= 0.3 is 0 Å². The van der Waals surface area contributed by atoms with Gasteiger partial charge in [-0.3, -0.25) is 0 Å². The molecule has 0 bridgehead atoms. The topological polar surface area (TPSA) is 50.7 Å². The number of hydrogen-bond donors (Lipinski definition) is 1. The number of hydrogen-bond acceptors (Lipinski definition) is 6. The molecule has 0 radical (unpaired) electrons. The smallest absolute Gasteiger partial charge is 0.0957 e. The molecule has 2 aromatic heterocycles. The third-order valence-corrected chi connectivity index (χ3v) is 4.62. The second kappa shape index (κ2) is 5.09. The Bertz CT molecular complexity index is 599. The Hall–Kier alpha value is -1.37. The number of benzene rings is 1. The van der Waals surface area contributed by atoms with E-state index in [0.717, 1.165) is 21.8 Å². The monoisotopic (exact) mass is 276 g/mol. The van der Waals surface area contributed by atoms with E-state index in [1.54, 1.807) is 11.3 Å². The summed E-state index contributed by atoms with van der Waals surface area (Å²) in [5.41, 5.74) is 1.08. The predicted molar refractivity (Wildman–Crippen MR) is 75.0 cm³/mol. The lowest BCUT2D eigenvalue weighted by Gasteiger charge is -2.10. The number of fused-ring (bicyclic) bond motifs is 1. The molecule has 0 aliphatic heterocycles. The van der Waals surface area contributed by atoms with Gasteiger partial charge in [-0.2, -0.15) is 0 Å². The average molecular weight is 276 g/mol. The molecule has 0 saturated carbocycles. The minimum absolute atomic E-state index is 0.241. The zero-order valence-electron chi connectivity index (χ0n) is 9.83. The molecule has 0 amide bonds. The lowest BCUT2D eigenvalue weighted by atomic mass is 10.2. The summed E-state index contributed by atoms with van der Waals surface area (Å²) in [4.78, 5) is 5.80. The Morgan fingerprint density at radius 2 is 2.22 bits per heavy atom. The summed E-state index contributed by atoms with van der Waals surface area (Å²) in [6, 6.07) is 8.48. The van der Waals surface area contributed by atoms with Crippen LogP contribution in [0.3, 0.4) is 0 Å². The minimum atomic E-state index is 0.241. The Labute approximate surface area is 113 Å². The van der Waals surface area contributed by atoms with Crippen LogP contribution < -0.4 is 5.32 Å². The maximum absolute atomic E-state index is 4.65. The summed E-state index contributed by atoms with van der Waals surface area (Å²) in [6.45, 7) is 0. The van der Waals surface area contributed by atoms with E-state index in [4.69, 9.17) is 0 Å². The van der Waals surface area contributed by atoms with Crippen LogP contribution in [0.5, 0.6) is 0 Å². The molecule has 1 aromatic carbocycles. The van der Waals surface area contributed by atoms with Gasteiger partial charge in [0.1, 0.15) is 0 Å². The van der Waals surface area contributed by atoms with Crippen molar-refractivity contribution in [1.82, 2.24) is 19.9 Å². The number of nitrogens with one attached hydrogen (secondary N) is 1. The summed E-state index contributed by atoms with van der Waals surface area (Å²) in [5, 5.41) is 8.32. The first-order valence-corrected chi connectivity index (χ1v) is 7.25. The molecule has 0 aliphatic carbocycles. The molecular formula is C12H12N4S2. The Balaban J connectivity index is 1.86. The fraction of sp³-hybridized carbons (Fsp3) is 0.250. The third kappa shape index (κ3) is 2.27. The fourth-order valence-corrected chi connectivity index (χ4v) is 3.48. The van der Waals surface area contributed by atoms with Crippen LogP contribution in [-0.4, -0.2) is 21.6 Å². The lowest BCUT2D eigenvalue weighted by Crippen LogP contribution is -2.17. The van der Waals surface area contributed by atoms with Crippen molar-refractivity contribution in [2.45, 2.75) is 12.5 Å². The SMILES string of the molecule is CNC(Cc1nc2ccccc2s1)c1cnns1. The minimum Gasteiger partial charge on any atom is -0.312 e. The van der Waals surface area contributed by atoms with E-state index in [2.05, 4.69) is 32.0 Å². The van der Waals surface area contributed by atoms with E-state index in [0.29, 0.717) is 0 Å². The van der Waals surface area contributed by atoms with E-state index in [1.165, 1.54) is 16.2 Å². The van der Waals surface area contributed by atoms with Crippen LogP contribution in [0, 0.1) is 0 Å². The molecule has 18 heavy (non-hydrogen) atoms. The second-order valence-corrected chi connectivity index (χ2v) is 5.87. The standard InChI is InChI=1S/C12H12N4S2/c1-13-9(11-7-14-16-18-11)6-12-15-8-4-2-3-5-10(8)17-12/h2-5,7,9,13H,6H2,1H3. The molecule has 0 fully saturated rings. The van der Waals surface area contributed by atoms with Crippen LogP contribution >= 0.6 is 22.9 Å². The van der Waals surface area contributed by atoms with Gasteiger partial charge in [0.2, 0.25) is 0 Å². The molecule has 3 rings (SSSR count).